The SMILES string of the molecule is CNC(c1cc(C)c(Br)s1)c1ccccc1Cl. The molecule has 0 saturated carbocycles. The highest BCUT2D eigenvalue weighted by Gasteiger charge is 2.17. The van der Waals surface area contributed by atoms with Gasteiger partial charge in [-0.25, -0.2) is 0 Å². The molecule has 0 aliphatic rings. The minimum Gasteiger partial charge on any atom is -0.309 e. The highest BCUT2D eigenvalue weighted by molar-refractivity contribution is 9.11. The van der Waals surface area contributed by atoms with Gasteiger partial charge >= 0.3 is 0 Å². The van der Waals surface area contributed by atoms with Gasteiger partial charge in [0.1, 0.15) is 0 Å². The molecule has 1 nitrogen and oxygen atoms in total. The quantitative estimate of drug-likeness (QED) is 0.854. The van der Waals surface area contributed by atoms with Gasteiger partial charge in [0.05, 0.1) is 9.83 Å². The molecule has 1 aromatic heterocycles. The van der Waals surface area contributed by atoms with Gasteiger partial charge in [-0.2, -0.15) is 0 Å². The number of thiophene rings is 1. The van der Waals surface area contributed by atoms with Crippen LogP contribution < -0.4 is 5.32 Å². The van der Waals surface area contributed by atoms with Crippen molar-refractivity contribution in [2.24, 2.45) is 0 Å². The lowest BCUT2D eigenvalue weighted by Crippen LogP contribution is -2.16. The lowest BCUT2D eigenvalue weighted by Gasteiger charge is -2.16. The van der Waals surface area contributed by atoms with Crippen LogP contribution >= 0.6 is 38.9 Å². The van der Waals surface area contributed by atoms with Crippen molar-refractivity contribution >= 4 is 38.9 Å². The first-order valence-electron chi connectivity index (χ1n) is 5.31. The molecule has 0 aliphatic carbocycles. The van der Waals surface area contributed by atoms with Crippen LogP contribution in [0.3, 0.4) is 0 Å². The maximum absolute atomic E-state index is 6.25. The molecule has 1 N–H and O–H groups in total. The first kappa shape index (κ1) is 13.1. The molecule has 90 valence electrons. The van der Waals surface area contributed by atoms with Crippen molar-refractivity contribution < 1.29 is 0 Å². The Bertz CT molecular complexity index is 504. The Labute approximate surface area is 119 Å². The van der Waals surface area contributed by atoms with E-state index in [1.807, 2.05) is 25.2 Å². The van der Waals surface area contributed by atoms with Crippen LogP contribution in [0.5, 0.6) is 0 Å². The Kier molecular flexibility index (Phi) is 4.26. The maximum atomic E-state index is 6.25. The van der Waals surface area contributed by atoms with Crippen LogP contribution in [-0.2, 0) is 0 Å². The van der Waals surface area contributed by atoms with Gasteiger partial charge in [0.25, 0.3) is 0 Å². The molecular weight excluding hydrogens is 318 g/mol. The highest BCUT2D eigenvalue weighted by atomic mass is 79.9. The number of hydrogen-bond donors (Lipinski definition) is 1. The summed E-state index contributed by atoms with van der Waals surface area (Å²) in [6.07, 6.45) is 0. The summed E-state index contributed by atoms with van der Waals surface area (Å²) < 4.78 is 1.18. The van der Waals surface area contributed by atoms with Gasteiger partial charge in [0.2, 0.25) is 0 Å². The maximum Gasteiger partial charge on any atom is 0.0731 e. The lowest BCUT2D eigenvalue weighted by atomic mass is 10.1. The van der Waals surface area contributed by atoms with E-state index in [0.717, 1.165) is 10.6 Å². The third kappa shape index (κ3) is 2.74. The van der Waals surface area contributed by atoms with Gasteiger partial charge in [0, 0.05) is 9.90 Å². The van der Waals surface area contributed by atoms with Crippen molar-refractivity contribution in [2.45, 2.75) is 13.0 Å². The Morgan fingerprint density at radius 3 is 2.59 bits per heavy atom. The molecule has 0 radical (unpaired) electrons. The average Bonchev–Trinajstić information content (AvgIpc) is 2.63. The van der Waals surface area contributed by atoms with Crippen LogP contribution in [0.1, 0.15) is 22.0 Å². The van der Waals surface area contributed by atoms with E-state index in [9.17, 15) is 0 Å². The fourth-order valence-electron chi connectivity index (χ4n) is 1.79. The summed E-state index contributed by atoms with van der Waals surface area (Å²) >= 11 is 11.6. The molecule has 2 aromatic rings. The van der Waals surface area contributed by atoms with Crippen molar-refractivity contribution in [1.29, 1.82) is 0 Å². The molecule has 17 heavy (non-hydrogen) atoms. The Morgan fingerprint density at radius 1 is 1.35 bits per heavy atom. The molecule has 1 aromatic carbocycles. The van der Waals surface area contributed by atoms with Gasteiger partial charge < -0.3 is 5.32 Å². The van der Waals surface area contributed by atoms with E-state index in [1.54, 1.807) is 11.3 Å². The second-order valence-electron chi connectivity index (χ2n) is 3.85. The Morgan fingerprint density at radius 2 is 2.06 bits per heavy atom. The number of halogens is 2. The zero-order chi connectivity index (χ0) is 12.4. The normalized spacial score (nSPS) is 12.7. The van der Waals surface area contributed by atoms with Crippen LogP contribution in [0.2, 0.25) is 5.02 Å². The van der Waals surface area contributed by atoms with Crippen molar-refractivity contribution in [2.75, 3.05) is 7.05 Å². The van der Waals surface area contributed by atoms with Gasteiger partial charge in [0.15, 0.2) is 0 Å². The topological polar surface area (TPSA) is 12.0 Å². The molecule has 0 saturated heterocycles. The van der Waals surface area contributed by atoms with Gasteiger partial charge in [-0.3, -0.25) is 0 Å². The zero-order valence-corrected chi connectivity index (χ0v) is 12.8. The van der Waals surface area contributed by atoms with Crippen LogP contribution in [-0.4, -0.2) is 7.05 Å². The van der Waals surface area contributed by atoms with Gasteiger partial charge in [-0.1, -0.05) is 29.8 Å². The molecule has 1 heterocycles. The number of nitrogens with one attached hydrogen (secondary N) is 1. The predicted octanol–water partition coefficient (Wildman–Crippen LogP) is 4.78. The Balaban J connectivity index is 2.44. The first-order valence-corrected chi connectivity index (χ1v) is 7.29. The molecule has 0 bridgehead atoms. The fraction of sp³-hybridized carbons (Fsp3) is 0.231. The van der Waals surface area contributed by atoms with E-state index >= 15 is 0 Å². The summed E-state index contributed by atoms with van der Waals surface area (Å²) in [6.45, 7) is 2.10. The third-order valence-corrected chi connectivity index (χ3v) is 5.21. The van der Waals surface area contributed by atoms with E-state index in [1.165, 1.54) is 14.2 Å². The lowest BCUT2D eigenvalue weighted by molar-refractivity contribution is 0.704. The molecule has 4 heteroatoms. The molecular formula is C13H13BrClNS. The molecule has 0 amide bonds. The number of rotatable bonds is 3. The Hall–Kier alpha value is -0.350. The summed E-state index contributed by atoms with van der Waals surface area (Å²) in [4.78, 5) is 1.27. The molecule has 1 unspecified atom stereocenters. The van der Waals surface area contributed by atoms with Gasteiger partial charge in [-0.05, 0) is 53.2 Å². The van der Waals surface area contributed by atoms with Crippen LogP contribution in [0.4, 0.5) is 0 Å². The largest absolute Gasteiger partial charge is 0.309 e. The van der Waals surface area contributed by atoms with Gasteiger partial charge in [-0.15, -0.1) is 11.3 Å². The monoisotopic (exact) mass is 329 g/mol. The number of benzene rings is 1. The van der Waals surface area contributed by atoms with E-state index in [4.69, 9.17) is 11.6 Å². The molecule has 2 rings (SSSR count). The van der Waals surface area contributed by atoms with E-state index in [-0.39, 0.29) is 6.04 Å². The number of aryl methyl sites for hydroxylation is 1. The van der Waals surface area contributed by atoms with Crippen molar-refractivity contribution in [3.63, 3.8) is 0 Å². The van der Waals surface area contributed by atoms with E-state index in [2.05, 4.69) is 40.3 Å². The number of hydrogen-bond acceptors (Lipinski definition) is 2. The minimum absolute atomic E-state index is 0.152. The summed E-state index contributed by atoms with van der Waals surface area (Å²) in [6, 6.07) is 10.3. The fourth-order valence-corrected chi connectivity index (χ4v) is 3.73. The average molecular weight is 331 g/mol. The van der Waals surface area contributed by atoms with Crippen LogP contribution in [0, 0.1) is 6.92 Å². The van der Waals surface area contributed by atoms with Crippen molar-refractivity contribution in [3.8, 4) is 0 Å². The van der Waals surface area contributed by atoms with E-state index < -0.39 is 0 Å². The van der Waals surface area contributed by atoms with E-state index in [0.29, 0.717) is 0 Å². The van der Waals surface area contributed by atoms with Crippen LogP contribution in [0.25, 0.3) is 0 Å². The standard InChI is InChI=1S/C13H13BrClNS/c1-8-7-11(17-13(8)14)12(16-2)9-5-3-4-6-10(9)15/h3-7,12,16H,1-2H3. The summed E-state index contributed by atoms with van der Waals surface area (Å²) in [5.41, 5.74) is 2.38. The zero-order valence-electron chi connectivity index (χ0n) is 9.63. The minimum atomic E-state index is 0.152. The van der Waals surface area contributed by atoms with Crippen LogP contribution in [0.15, 0.2) is 34.1 Å². The summed E-state index contributed by atoms with van der Waals surface area (Å²) in [5, 5.41) is 4.12. The van der Waals surface area contributed by atoms with Crippen molar-refractivity contribution in [3.05, 3.63) is 55.1 Å². The first-order chi connectivity index (χ1) is 8.13. The smallest absolute Gasteiger partial charge is 0.0731 e. The second kappa shape index (κ2) is 5.53. The predicted molar refractivity (Wildman–Crippen MR) is 79.1 cm³/mol. The summed E-state index contributed by atoms with van der Waals surface area (Å²) in [7, 11) is 1.96. The second-order valence-corrected chi connectivity index (χ2v) is 6.66. The molecule has 1 atom stereocenters. The molecule has 0 fully saturated rings. The molecule has 0 aliphatic heterocycles. The third-order valence-electron chi connectivity index (χ3n) is 2.67. The highest BCUT2D eigenvalue weighted by Crippen LogP contribution is 2.36. The van der Waals surface area contributed by atoms with Crippen molar-refractivity contribution in [1.82, 2.24) is 5.32 Å². The molecule has 0 spiro atoms. The summed E-state index contributed by atoms with van der Waals surface area (Å²) in [5.74, 6) is 0.